The first kappa shape index (κ1) is 13.3. The minimum atomic E-state index is 0.438. The molecule has 0 aliphatic heterocycles. The lowest BCUT2D eigenvalue weighted by Crippen LogP contribution is -2.05. The van der Waals surface area contributed by atoms with Crippen molar-refractivity contribution in [2.45, 2.75) is 26.2 Å². The monoisotopic (exact) mass is 307 g/mol. The molecule has 0 saturated carbocycles. The second kappa shape index (κ2) is 5.67. The first-order chi connectivity index (χ1) is 8.61. The highest BCUT2D eigenvalue weighted by atomic mass is 79.9. The predicted molar refractivity (Wildman–Crippen MR) is 78.1 cm³/mol. The Morgan fingerprint density at radius 3 is 2.50 bits per heavy atom. The van der Waals surface area contributed by atoms with Crippen LogP contribution in [0.25, 0.3) is 5.69 Å². The Morgan fingerprint density at radius 1 is 1.28 bits per heavy atom. The molecule has 0 radical (unpaired) electrons. The van der Waals surface area contributed by atoms with E-state index >= 15 is 0 Å². The molecule has 0 amide bonds. The molecule has 2 aromatic rings. The van der Waals surface area contributed by atoms with Crippen molar-refractivity contribution >= 4 is 15.9 Å². The van der Waals surface area contributed by atoms with Crippen molar-refractivity contribution < 1.29 is 0 Å². The number of nitrogens with zero attached hydrogens (tertiary/aromatic N) is 2. The van der Waals surface area contributed by atoms with Crippen molar-refractivity contribution in [2.75, 3.05) is 6.54 Å². The van der Waals surface area contributed by atoms with E-state index in [-0.39, 0.29) is 0 Å². The number of rotatable bonds is 4. The van der Waals surface area contributed by atoms with Crippen molar-refractivity contribution in [2.24, 2.45) is 5.73 Å². The zero-order valence-corrected chi connectivity index (χ0v) is 12.3. The van der Waals surface area contributed by atoms with Gasteiger partial charge in [-0.15, -0.1) is 0 Å². The predicted octanol–water partition coefficient (Wildman–Crippen LogP) is 3.26. The number of nitrogens with two attached hydrogens (primary N) is 1. The van der Waals surface area contributed by atoms with Crippen LogP contribution in [0.2, 0.25) is 0 Å². The summed E-state index contributed by atoms with van der Waals surface area (Å²) < 4.78 is 3.09. The summed E-state index contributed by atoms with van der Waals surface area (Å²) in [7, 11) is 0. The minimum absolute atomic E-state index is 0.438. The van der Waals surface area contributed by atoms with Gasteiger partial charge in [-0.3, -0.25) is 0 Å². The van der Waals surface area contributed by atoms with Gasteiger partial charge in [0.15, 0.2) is 0 Å². The summed E-state index contributed by atoms with van der Waals surface area (Å²) in [5.41, 5.74) is 8.97. The molecule has 2 rings (SSSR count). The normalized spacial score (nSPS) is 11.2. The van der Waals surface area contributed by atoms with Gasteiger partial charge in [-0.1, -0.05) is 29.8 Å². The number of halogens is 1. The van der Waals surface area contributed by atoms with Crippen molar-refractivity contribution in [1.82, 2.24) is 9.78 Å². The van der Waals surface area contributed by atoms with Crippen LogP contribution in [0.5, 0.6) is 0 Å². The minimum Gasteiger partial charge on any atom is -0.330 e. The largest absolute Gasteiger partial charge is 0.330 e. The van der Waals surface area contributed by atoms with Gasteiger partial charge >= 0.3 is 0 Å². The van der Waals surface area contributed by atoms with Crippen LogP contribution < -0.4 is 5.73 Å². The summed E-state index contributed by atoms with van der Waals surface area (Å²) in [6.45, 7) is 4.99. The molecule has 0 spiro atoms. The SMILES string of the molecule is CC(C)c1cc(CCN)nn1-c1ccc(Br)cc1. The lowest BCUT2D eigenvalue weighted by Gasteiger charge is -2.09. The molecule has 0 atom stereocenters. The molecule has 2 N–H and O–H groups in total. The number of benzene rings is 1. The van der Waals surface area contributed by atoms with Crippen molar-refractivity contribution in [3.63, 3.8) is 0 Å². The maximum absolute atomic E-state index is 5.60. The quantitative estimate of drug-likeness (QED) is 0.942. The average molecular weight is 308 g/mol. The fourth-order valence-corrected chi connectivity index (χ4v) is 2.18. The Labute approximate surface area is 116 Å². The molecule has 0 unspecified atom stereocenters. The maximum atomic E-state index is 5.60. The zero-order chi connectivity index (χ0) is 13.1. The molecule has 1 aromatic carbocycles. The van der Waals surface area contributed by atoms with Gasteiger partial charge in [0.05, 0.1) is 11.4 Å². The fraction of sp³-hybridized carbons (Fsp3) is 0.357. The topological polar surface area (TPSA) is 43.8 Å². The first-order valence-electron chi connectivity index (χ1n) is 6.16. The summed E-state index contributed by atoms with van der Waals surface area (Å²) in [6.07, 6.45) is 0.823. The van der Waals surface area contributed by atoms with Crippen LogP contribution >= 0.6 is 15.9 Å². The summed E-state index contributed by atoms with van der Waals surface area (Å²) in [5.74, 6) is 0.438. The van der Waals surface area contributed by atoms with Gasteiger partial charge in [0, 0.05) is 16.6 Å². The summed E-state index contributed by atoms with van der Waals surface area (Å²) in [6, 6.07) is 10.3. The van der Waals surface area contributed by atoms with Crippen molar-refractivity contribution in [3.8, 4) is 5.69 Å². The van der Waals surface area contributed by atoms with Gasteiger partial charge in [0.1, 0.15) is 0 Å². The highest BCUT2D eigenvalue weighted by Crippen LogP contribution is 2.21. The third-order valence-electron chi connectivity index (χ3n) is 2.85. The van der Waals surface area contributed by atoms with Crippen LogP contribution in [-0.2, 0) is 6.42 Å². The van der Waals surface area contributed by atoms with E-state index in [1.807, 2.05) is 16.8 Å². The van der Waals surface area contributed by atoms with Crippen LogP contribution in [0.4, 0.5) is 0 Å². The van der Waals surface area contributed by atoms with Gasteiger partial charge in [-0.25, -0.2) is 4.68 Å². The number of hydrogen-bond acceptors (Lipinski definition) is 2. The fourth-order valence-electron chi connectivity index (χ4n) is 1.92. The lowest BCUT2D eigenvalue weighted by molar-refractivity contribution is 0.725. The van der Waals surface area contributed by atoms with E-state index in [0.29, 0.717) is 12.5 Å². The smallest absolute Gasteiger partial charge is 0.0649 e. The van der Waals surface area contributed by atoms with Gasteiger partial charge in [0.25, 0.3) is 0 Å². The lowest BCUT2D eigenvalue weighted by atomic mass is 10.1. The summed E-state index contributed by atoms with van der Waals surface area (Å²) >= 11 is 3.45. The average Bonchev–Trinajstić information content (AvgIpc) is 2.75. The van der Waals surface area contributed by atoms with Gasteiger partial charge in [0.2, 0.25) is 0 Å². The molecular weight excluding hydrogens is 290 g/mol. The first-order valence-corrected chi connectivity index (χ1v) is 6.96. The molecule has 0 aliphatic carbocycles. The molecule has 1 heterocycles. The van der Waals surface area contributed by atoms with Crippen LogP contribution in [0, 0.1) is 0 Å². The Bertz CT molecular complexity index is 514. The molecule has 96 valence electrons. The maximum Gasteiger partial charge on any atom is 0.0649 e. The van der Waals surface area contributed by atoms with Crippen LogP contribution in [-0.4, -0.2) is 16.3 Å². The van der Waals surface area contributed by atoms with E-state index in [0.717, 1.165) is 22.3 Å². The van der Waals surface area contributed by atoms with Crippen LogP contribution in [0.1, 0.15) is 31.2 Å². The Hall–Kier alpha value is -1.13. The van der Waals surface area contributed by atoms with Crippen LogP contribution in [0.3, 0.4) is 0 Å². The van der Waals surface area contributed by atoms with Gasteiger partial charge in [-0.2, -0.15) is 5.10 Å². The van der Waals surface area contributed by atoms with Crippen LogP contribution in [0.15, 0.2) is 34.8 Å². The van der Waals surface area contributed by atoms with Gasteiger partial charge in [-0.05, 0) is 42.8 Å². The van der Waals surface area contributed by atoms with E-state index in [4.69, 9.17) is 5.73 Å². The molecule has 4 heteroatoms. The summed E-state index contributed by atoms with van der Waals surface area (Å²) in [5, 5.41) is 4.64. The summed E-state index contributed by atoms with van der Waals surface area (Å²) in [4.78, 5) is 0. The van der Waals surface area contributed by atoms with Gasteiger partial charge < -0.3 is 5.73 Å². The third-order valence-corrected chi connectivity index (χ3v) is 3.38. The standard InChI is InChI=1S/C14H18BrN3/c1-10(2)14-9-12(7-8-16)17-18(14)13-5-3-11(15)4-6-13/h3-6,9-10H,7-8,16H2,1-2H3. The molecular formula is C14H18BrN3. The number of hydrogen-bond donors (Lipinski definition) is 1. The van der Waals surface area contributed by atoms with E-state index in [9.17, 15) is 0 Å². The highest BCUT2D eigenvalue weighted by Gasteiger charge is 2.12. The highest BCUT2D eigenvalue weighted by molar-refractivity contribution is 9.10. The molecule has 0 bridgehead atoms. The van der Waals surface area contributed by atoms with E-state index in [1.54, 1.807) is 0 Å². The molecule has 18 heavy (non-hydrogen) atoms. The second-order valence-corrected chi connectivity index (χ2v) is 5.56. The molecule has 0 aliphatic rings. The van der Waals surface area contributed by atoms with E-state index < -0.39 is 0 Å². The molecule has 0 fully saturated rings. The third kappa shape index (κ3) is 2.82. The van der Waals surface area contributed by atoms with E-state index in [2.05, 4.69) is 53.1 Å². The van der Waals surface area contributed by atoms with E-state index in [1.165, 1.54) is 5.69 Å². The van der Waals surface area contributed by atoms with Crippen molar-refractivity contribution in [1.29, 1.82) is 0 Å². The Morgan fingerprint density at radius 2 is 1.94 bits per heavy atom. The Balaban J connectivity index is 2.44. The Kier molecular flexibility index (Phi) is 4.19. The number of aromatic nitrogens is 2. The van der Waals surface area contributed by atoms with Crippen molar-refractivity contribution in [3.05, 3.63) is 46.2 Å². The zero-order valence-electron chi connectivity index (χ0n) is 10.7. The molecule has 3 nitrogen and oxygen atoms in total. The molecule has 0 saturated heterocycles. The second-order valence-electron chi connectivity index (χ2n) is 4.64. The molecule has 1 aromatic heterocycles.